The molecule has 1 heterocycles. The third-order valence-corrected chi connectivity index (χ3v) is 7.75. The van der Waals surface area contributed by atoms with Crippen molar-refractivity contribution in [2.45, 2.75) is 69.9 Å². The van der Waals surface area contributed by atoms with Crippen molar-refractivity contribution in [3.63, 3.8) is 0 Å². The molecular formula is C20H28N2S2. The Labute approximate surface area is 154 Å². The fourth-order valence-electron chi connectivity index (χ4n) is 5.16. The number of aromatic nitrogens is 1. The predicted molar refractivity (Wildman–Crippen MR) is 106 cm³/mol. The van der Waals surface area contributed by atoms with Gasteiger partial charge < -0.3 is 10.3 Å². The summed E-state index contributed by atoms with van der Waals surface area (Å²) in [6, 6.07) is 8.64. The van der Waals surface area contributed by atoms with Gasteiger partial charge in [-0.05, 0) is 61.9 Å². The number of benzene rings is 1. The molecule has 2 saturated carbocycles. The molecule has 2 aliphatic carbocycles. The van der Waals surface area contributed by atoms with Crippen molar-refractivity contribution in [3.05, 3.63) is 28.2 Å². The van der Waals surface area contributed by atoms with Crippen LogP contribution in [0.5, 0.6) is 0 Å². The number of thiazole rings is 1. The average molecular weight is 361 g/mol. The van der Waals surface area contributed by atoms with E-state index in [1.165, 1.54) is 74.4 Å². The largest absolute Gasteiger partial charge is 0.308 e. The summed E-state index contributed by atoms with van der Waals surface area (Å²) in [6.07, 6.45) is 13.1. The van der Waals surface area contributed by atoms with Gasteiger partial charge in [-0.2, -0.15) is 0 Å². The van der Waals surface area contributed by atoms with Crippen LogP contribution in [-0.2, 0) is 5.66 Å². The first-order valence-electron chi connectivity index (χ1n) is 9.61. The summed E-state index contributed by atoms with van der Waals surface area (Å²) in [5.41, 5.74) is 8.34. The van der Waals surface area contributed by atoms with E-state index in [4.69, 9.17) is 18.0 Å². The molecule has 2 N–H and O–H groups in total. The predicted octanol–water partition coefficient (Wildman–Crippen LogP) is 6.20. The van der Waals surface area contributed by atoms with Crippen LogP contribution in [0.25, 0.3) is 10.2 Å². The standard InChI is InChI=1S/C20H28N2S2/c21-20(15-9-3-1-4-10-15,16-11-5-2-6-12-16)22-17-13-7-8-14-18(17)24-19(22)23/h7-8,13-16H,1-6,9-12,21H2. The van der Waals surface area contributed by atoms with Crippen molar-refractivity contribution in [3.8, 4) is 0 Å². The molecule has 24 heavy (non-hydrogen) atoms. The summed E-state index contributed by atoms with van der Waals surface area (Å²) >= 11 is 7.57. The summed E-state index contributed by atoms with van der Waals surface area (Å²) in [4.78, 5) is 0. The Morgan fingerprint density at radius 3 is 2.04 bits per heavy atom. The van der Waals surface area contributed by atoms with Gasteiger partial charge in [0.2, 0.25) is 0 Å². The molecule has 0 aliphatic heterocycles. The molecule has 2 aromatic rings. The zero-order valence-corrected chi connectivity index (χ0v) is 16.0. The van der Waals surface area contributed by atoms with Crippen LogP contribution in [0.15, 0.2) is 24.3 Å². The second-order valence-corrected chi connectivity index (χ2v) is 9.40. The van der Waals surface area contributed by atoms with E-state index < -0.39 is 0 Å². The highest BCUT2D eigenvalue weighted by Gasteiger charge is 2.45. The molecule has 2 fully saturated rings. The maximum Gasteiger partial charge on any atom is 0.163 e. The molecule has 130 valence electrons. The summed E-state index contributed by atoms with van der Waals surface area (Å²) < 4.78 is 4.63. The lowest BCUT2D eigenvalue weighted by atomic mass is 9.69. The third kappa shape index (κ3) is 2.77. The second kappa shape index (κ2) is 6.89. The maximum absolute atomic E-state index is 7.38. The van der Waals surface area contributed by atoms with Gasteiger partial charge in [-0.1, -0.05) is 50.7 Å². The highest BCUT2D eigenvalue weighted by Crippen LogP contribution is 2.46. The number of nitrogens with zero attached hydrogens (tertiary/aromatic N) is 1. The van der Waals surface area contributed by atoms with Crippen LogP contribution in [0.4, 0.5) is 0 Å². The Kier molecular flexibility index (Phi) is 4.81. The van der Waals surface area contributed by atoms with Gasteiger partial charge >= 0.3 is 0 Å². The van der Waals surface area contributed by atoms with Gasteiger partial charge in [-0.15, -0.1) is 11.3 Å². The lowest BCUT2D eigenvalue weighted by Crippen LogP contribution is -2.56. The van der Waals surface area contributed by atoms with Gasteiger partial charge in [-0.25, -0.2) is 0 Å². The normalized spacial score (nSPS) is 21.4. The van der Waals surface area contributed by atoms with E-state index in [0.29, 0.717) is 11.8 Å². The van der Waals surface area contributed by atoms with Gasteiger partial charge in [0, 0.05) is 0 Å². The lowest BCUT2D eigenvalue weighted by molar-refractivity contribution is 0.0422. The number of rotatable bonds is 3. The Morgan fingerprint density at radius 1 is 0.917 bits per heavy atom. The highest BCUT2D eigenvalue weighted by molar-refractivity contribution is 7.73. The smallest absolute Gasteiger partial charge is 0.163 e. The van der Waals surface area contributed by atoms with Crippen LogP contribution in [0.2, 0.25) is 0 Å². The van der Waals surface area contributed by atoms with Crippen LogP contribution in [0.3, 0.4) is 0 Å². The molecule has 0 amide bonds. The van der Waals surface area contributed by atoms with Crippen LogP contribution in [0.1, 0.15) is 64.2 Å². The first-order chi connectivity index (χ1) is 11.7. The molecule has 0 radical (unpaired) electrons. The molecular weight excluding hydrogens is 332 g/mol. The summed E-state index contributed by atoms with van der Waals surface area (Å²) in [6.45, 7) is 0. The van der Waals surface area contributed by atoms with E-state index >= 15 is 0 Å². The minimum Gasteiger partial charge on any atom is -0.308 e. The second-order valence-electron chi connectivity index (χ2n) is 7.73. The van der Waals surface area contributed by atoms with E-state index in [2.05, 4.69) is 28.8 Å². The van der Waals surface area contributed by atoms with E-state index in [-0.39, 0.29) is 5.66 Å². The zero-order valence-electron chi connectivity index (χ0n) is 14.4. The molecule has 0 spiro atoms. The summed E-state index contributed by atoms with van der Waals surface area (Å²) in [7, 11) is 0. The van der Waals surface area contributed by atoms with Crippen molar-refractivity contribution in [2.75, 3.05) is 0 Å². The molecule has 1 aromatic heterocycles. The molecule has 4 heteroatoms. The minimum absolute atomic E-state index is 0.294. The van der Waals surface area contributed by atoms with Crippen molar-refractivity contribution in [2.24, 2.45) is 17.6 Å². The monoisotopic (exact) mass is 360 g/mol. The van der Waals surface area contributed by atoms with Gasteiger partial charge in [0.15, 0.2) is 3.95 Å². The Bertz CT molecular complexity index is 730. The lowest BCUT2D eigenvalue weighted by Gasteiger charge is -2.48. The Hall–Kier alpha value is -0.710. The van der Waals surface area contributed by atoms with E-state index in [0.717, 1.165) is 3.95 Å². The number of hydrogen-bond acceptors (Lipinski definition) is 3. The Morgan fingerprint density at radius 2 is 1.46 bits per heavy atom. The molecule has 0 atom stereocenters. The molecule has 2 aliphatic rings. The third-order valence-electron chi connectivity index (χ3n) is 6.39. The van der Waals surface area contributed by atoms with Crippen molar-refractivity contribution < 1.29 is 0 Å². The van der Waals surface area contributed by atoms with Gasteiger partial charge in [0.1, 0.15) is 5.66 Å². The molecule has 0 unspecified atom stereocenters. The minimum atomic E-state index is -0.294. The molecule has 1 aromatic carbocycles. The van der Waals surface area contributed by atoms with Crippen molar-refractivity contribution >= 4 is 33.8 Å². The average Bonchev–Trinajstić information content (AvgIpc) is 2.99. The highest BCUT2D eigenvalue weighted by atomic mass is 32.1. The molecule has 4 rings (SSSR count). The van der Waals surface area contributed by atoms with Gasteiger partial charge in [0.25, 0.3) is 0 Å². The van der Waals surface area contributed by atoms with E-state index in [1.807, 2.05) is 0 Å². The fourth-order valence-corrected chi connectivity index (χ4v) is 6.63. The van der Waals surface area contributed by atoms with Crippen molar-refractivity contribution in [1.29, 1.82) is 0 Å². The van der Waals surface area contributed by atoms with Crippen LogP contribution in [0, 0.1) is 15.8 Å². The van der Waals surface area contributed by atoms with Crippen LogP contribution < -0.4 is 5.73 Å². The number of nitrogens with two attached hydrogens (primary N) is 1. The van der Waals surface area contributed by atoms with Crippen LogP contribution >= 0.6 is 23.6 Å². The quantitative estimate of drug-likeness (QED) is 0.660. The van der Waals surface area contributed by atoms with Crippen molar-refractivity contribution in [1.82, 2.24) is 4.57 Å². The topological polar surface area (TPSA) is 30.9 Å². The molecule has 0 bridgehead atoms. The molecule has 2 nitrogen and oxygen atoms in total. The SMILES string of the molecule is NC(C1CCCCC1)(C1CCCCC1)n1c(=S)sc2ccccc21. The maximum atomic E-state index is 7.38. The zero-order chi connectivity index (χ0) is 16.6. The fraction of sp³-hybridized carbons (Fsp3) is 0.650. The number of fused-ring (bicyclic) bond motifs is 1. The molecule has 0 saturated heterocycles. The van der Waals surface area contributed by atoms with Gasteiger partial charge in [-0.3, -0.25) is 0 Å². The van der Waals surface area contributed by atoms with E-state index in [9.17, 15) is 0 Å². The van der Waals surface area contributed by atoms with Gasteiger partial charge in [0.05, 0.1) is 10.2 Å². The number of hydrogen-bond donors (Lipinski definition) is 1. The summed E-state index contributed by atoms with van der Waals surface area (Å²) in [5.74, 6) is 1.14. The van der Waals surface area contributed by atoms with Crippen LogP contribution in [-0.4, -0.2) is 4.57 Å². The van der Waals surface area contributed by atoms with E-state index in [1.54, 1.807) is 11.3 Å². The first kappa shape index (κ1) is 16.7. The summed E-state index contributed by atoms with van der Waals surface area (Å²) in [5, 5.41) is 0. The Balaban J connectivity index is 1.87. The first-order valence-corrected chi connectivity index (χ1v) is 10.8. The number of para-hydroxylation sites is 1.